The largest absolute Gasteiger partial charge is 0.306 e. The van der Waals surface area contributed by atoms with Gasteiger partial charge in [-0.2, -0.15) is 5.10 Å². The second-order valence-corrected chi connectivity index (χ2v) is 4.93. The first-order valence-corrected chi connectivity index (χ1v) is 5.86. The highest BCUT2D eigenvalue weighted by atomic mass is 32.2. The monoisotopic (exact) mass is 215 g/mol. The fraction of sp³-hybridized carbons (Fsp3) is 0.750. The summed E-state index contributed by atoms with van der Waals surface area (Å²) in [5.74, 6) is 1.34. The number of aromatic nitrogens is 3. The molecule has 0 saturated heterocycles. The molecule has 0 radical (unpaired) electrons. The van der Waals surface area contributed by atoms with Crippen molar-refractivity contribution in [3.8, 4) is 0 Å². The van der Waals surface area contributed by atoms with Crippen LogP contribution in [0.3, 0.4) is 0 Å². The van der Waals surface area contributed by atoms with Gasteiger partial charge in [0.05, 0.1) is 5.25 Å². The summed E-state index contributed by atoms with van der Waals surface area (Å²) in [7, 11) is 0. The lowest BCUT2D eigenvalue weighted by molar-refractivity contribution is 0.527. The van der Waals surface area contributed by atoms with Gasteiger partial charge in [-0.25, -0.2) is 9.19 Å². The maximum atomic E-state index is 11.0. The second-order valence-electron chi connectivity index (χ2n) is 3.71. The van der Waals surface area contributed by atoms with E-state index in [-0.39, 0.29) is 5.25 Å². The molecule has 0 aromatic carbocycles. The Balaban J connectivity index is 1.92. The van der Waals surface area contributed by atoms with Gasteiger partial charge in [0.1, 0.15) is 12.2 Å². The third-order valence-corrected chi connectivity index (χ3v) is 3.39. The number of hydrogen-bond acceptors (Lipinski definition) is 3. The minimum Gasteiger partial charge on any atom is -0.306 e. The summed E-state index contributed by atoms with van der Waals surface area (Å²) in [6.07, 6.45) is 5.15. The van der Waals surface area contributed by atoms with Gasteiger partial charge in [-0.05, 0) is 12.3 Å². The molecule has 1 saturated carbocycles. The number of nitrogens with zero attached hydrogens (tertiary/aromatic N) is 2. The zero-order valence-corrected chi connectivity index (χ0v) is 8.54. The highest BCUT2D eigenvalue weighted by Gasteiger charge is 2.28. The van der Waals surface area contributed by atoms with Crippen molar-refractivity contribution in [1.82, 2.24) is 15.2 Å². The molecule has 2 N–H and O–H groups in total. The smallest absolute Gasteiger partial charge is 0.156 e. The normalized spacial score (nSPS) is 20.6. The van der Waals surface area contributed by atoms with E-state index in [1.165, 1.54) is 19.2 Å². The molecule has 14 heavy (non-hydrogen) atoms. The fourth-order valence-corrected chi connectivity index (χ4v) is 2.24. The van der Waals surface area contributed by atoms with Gasteiger partial charge >= 0.3 is 0 Å². The molecule has 0 bridgehead atoms. The number of hydrogen-bond donors (Lipinski definition) is 2. The van der Waals surface area contributed by atoms with E-state index in [4.69, 9.17) is 4.55 Å². The van der Waals surface area contributed by atoms with Crippen LogP contribution in [-0.4, -0.2) is 29.2 Å². The van der Waals surface area contributed by atoms with Crippen LogP contribution in [0.1, 0.15) is 25.1 Å². The number of H-pyrrole nitrogens is 1. The van der Waals surface area contributed by atoms with E-state index >= 15 is 0 Å². The van der Waals surface area contributed by atoms with E-state index in [0.29, 0.717) is 18.2 Å². The molecule has 1 aliphatic rings. The van der Waals surface area contributed by atoms with Gasteiger partial charge < -0.3 is 4.55 Å². The molecule has 0 amide bonds. The highest BCUT2D eigenvalue weighted by molar-refractivity contribution is 7.79. The zero-order chi connectivity index (χ0) is 9.97. The van der Waals surface area contributed by atoms with Crippen molar-refractivity contribution in [1.29, 1.82) is 0 Å². The van der Waals surface area contributed by atoms with Crippen LogP contribution in [0.2, 0.25) is 0 Å². The Morgan fingerprint density at radius 3 is 3.00 bits per heavy atom. The Morgan fingerprint density at radius 1 is 1.71 bits per heavy atom. The first-order valence-electron chi connectivity index (χ1n) is 4.69. The minimum absolute atomic E-state index is 0.199. The summed E-state index contributed by atoms with van der Waals surface area (Å²) in [6.45, 7) is 0. The molecular weight excluding hydrogens is 202 g/mol. The van der Waals surface area contributed by atoms with Crippen LogP contribution in [0, 0.1) is 5.92 Å². The molecule has 2 unspecified atom stereocenters. The third-order valence-electron chi connectivity index (χ3n) is 2.46. The summed E-state index contributed by atoms with van der Waals surface area (Å²) < 4.78 is 20.1. The maximum absolute atomic E-state index is 11.0. The number of aromatic amines is 1. The zero-order valence-electron chi connectivity index (χ0n) is 7.72. The first kappa shape index (κ1) is 9.79. The molecule has 0 spiro atoms. The van der Waals surface area contributed by atoms with Gasteiger partial charge in [-0.3, -0.25) is 5.10 Å². The predicted octanol–water partition coefficient (Wildman–Crippen LogP) is 0.738. The predicted molar refractivity (Wildman–Crippen MR) is 52.0 cm³/mol. The van der Waals surface area contributed by atoms with Crippen molar-refractivity contribution >= 4 is 11.1 Å². The summed E-state index contributed by atoms with van der Waals surface area (Å²) >= 11 is -1.76. The van der Waals surface area contributed by atoms with Crippen molar-refractivity contribution in [3.63, 3.8) is 0 Å². The van der Waals surface area contributed by atoms with Gasteiger partial charge in [0.15, 0.2) is 11.1 Å². The van der Waals surface area contributed by atoms with Crippen LogP contribution in [0.25, 0.3) is 0 Å². The summed E-state index contributed by atoms with van der Waals surface area (Å²) in [4.78, 5) is 3.95. The molecule has 1 heterocycles. The first-order chi connectivity index (χ1) is 6.75. The topological polar surface area (TPSA) is 78.9 Å². The Morgan fingerprint density at radius 2 is 2.50 bits per heavy atom. The van der Waals surface area contributed by atoms with Gasteiger partial charge in [0, 0.05) is 6.42 Å². The summed E-state index contributed by atoms with van der Waals surface area (Å²) in [5.41, 5.74) is 0. The summed E-state index contributed by atoms with van der Waals surface area (Å²) in [5, 5.41) is 6.22. The third kappa shape index (κ3) is 2.62. The molecule has 0 aliphatic heterocycles. The molecule has 78 valence electrons. The summed E-state index contributed by atoms with van der Waals surface area (Å²) in [6, 6.07) is 0. The van der Waals surface area contributed by atoms with Crippen LogP contribution in [-0.2, 0) is 17.5 Å². The van der Waals surface area contributed by atoms with E-state index in [1.807, 2.05) is 0 Å². The second kappa shape index (κ2) is 4.18. The average Bonchev–Trinajstić information content (AvgIpc) is 2.80. The van der Waals surface area contributed by atoms with Crippen LogP contribution in [0.15, 0.2) is 6.33 Å². The van der Waals surface area contributed by atoms with Crippen LogP contribution in [0.5, 0.6) is 0 Å². The van der Waals surface area contributed by atoms with E-state index < -0.39 is 11.1 Å². The molecule has 2 atom stereocenters. The molecule has 6 heteroatoms. The Kier molecular flexibility index (Phi) is 2.93. The van der Waals surface area contributed by atoms with Crippen LogP contribution in [0.4, 0.5) is 0 Å². The molecule has 1 fully saturated rings. The molecule has 5 nitrogen and oxygen atoms in total. The average molecular weight is 215 g/mol. The number of rotatable bonds is 5. The van der Waals surface area contributed by atoms with Crippen molar-refractivity contribution in [2.75, 3.05) is 0 Å². The molecule has 1 aromatic rings. The molecular formula is C8H13N3O2S. The van der Waals surface area contributed by atoms with E-state index in [0.717, 1.165) is 6.42 Å². The van der Waals surface area contributed by atoms with Crippen LogP contribution < -0.4 is 0 Å². The SMILES string of the molecule is O=S(O)C(Cc1ncn[nH]1)CC1CC1. The lowest BCUT2D eigenvalue weighted by atomic mass is 10.1. The Bertz CT molecular complexity index is 310. The van der Waals surface area contributed by atoms with E-state index in [1.54, 1.807) is 0 Å². The van der Waals surface area contributed by atoms with Crippen molar-refractivity contribution in [3.05, 3.63) is 12.2 Å². The lowest BCUT2D eigenvalue weighted by Crippen LogP contribution is -2.19. The molecule has 1 aromatic heterocycles. The van der Waals surface area contributed by atoms with Gasteiger partial charge in [0.25, 0.3) is 0 Å². The van der Waals surface area contributed by atoms with E-state index in [9.17, 15) is 4.21 Å². The van der Waals surface area contributed by atoms with Gasteiger partial charge in [-0.15, -0.1) is 0 Å². The fourth-order valence-electron chi connectivity index (χ4n) is 1.51. The van der Waals surface area contributed by atoms with Crippen molar-refractivity contribution in [2.45, 2.75) is 30.9 Å². The maximum Gasteiger partial charge on any atom is 0.156 e. The highest BCUT2D eigenvalue weighted by Crippen LogP contribution is 2.35. The van der Waals surface area contributed by atoms with Crippen LogP contribution >= 0.6 is 0 Å². The Labute approximate surface area is 84.6 Å². The molecule has 2 rings (SSSR count). The van der Waals surface area contributed by atoms with Gasteiger partial charge in [-0.1, -0.05) is 12.8 Å². The van der Waals surface area contributed by atoms with E-state index in [2.05, 4.69) is 15.2 Å². The van der Waals surface area contributed by atoms with Crippen molar-refractivity contribution < 1.29 is 8.76 Å². The van der Waals surface area contributed by atoms with Crippen molar-refractivity contribution in [2.24, 2.45) is 5.92 Å². The van der Waals surface area contributed by atoms with Gasteiger partial charge in [0.2, 0.25) is 0 Å². The Hall–Kier alpha value is -0.750. The standard InChI is InChI=1S/C8H13N3O2S/c12-14(13)7(3-6-1-2-6)4-8-9-5-10-11-8/h5-7H,1-4H2,(H,12,13)(H,9,10,11). The molecule has 1 aliphatic carbocycles. The lowest BCUT2D eigenvalue weighted by Gasteiger charge is -2.09. The number of nitrogens with one attached hydrogen (secondary N) is 1. The minimum atomic E-state index is -1.76. The quantitative estimate of drug-likeness (QED) is 0.710.